The van der Waals surface area contributed by atoms with E-state index in [1.807, 2.05) is 20.8 Å². The van der Waals surface area contributed by atoms with Crippen molar-refractivity contribution in [3.05, 3.63) is 87.5 Å². The summed E-state index contributed by atoms with van der Waals surface area (Å²) in [6.07, 6.45) is 10.3. The third-order valence-electron chi connectivity index (χ3n) is 8.38. The molecule has 9 heteroatoms. The SMILES string of the molecule is C=NC(=O)c1cc(C)c(CC(N)C(=O)N(Cc2ccc(OC)c(C(=O)O)c2)C(C)C2=NC(C3=CC=CCC3)CC2)c(C)c1. The van der Waals surface area contributed by atoms with Gasteiger partial charge in [-0.3, -0.25) is 14.6 Å². The maximum absolute atomic E-state index is 14.1. The molecule has 0 saturated carbocycles. The molecule has 1 aliphatic heterocycles. The summed E-state index contributed by atoms with van der Waals surface area (Å²) in [5.74, 6) is -1.54. The van der Waals surface area contributed by atoms with Crippen LogP contribution in [0.15, 0.2) is 64.1 Å². The monoisotopic (exact) mass is 584 g/mol. The lowest BCUT2D eigenvalue weighted by Gasteiger charge is -2.32. The fourth-order valence-corrected chi connectivity index (χ4v) is 5.95. The van der Waals surface area contributed by atoms with Crippen LogP contribution in [-0.4, -0.2) is 65.5 Å². The number of aryl methyl sites for hydroxylation is 2. The van der Waals surface area contributed by atoms with E-state index in [-0.39, 0.29) is 42.3 Å². The molecule has 2 aliphatic rings. The van der Waals surface area contributed by atoms with E-state index in [1.165, 1.54) is 18.7 Å². The Labute approximate surface area is 252 Å². The van der Waals surface area contributed by atoms with Crippen molar-refractivity contribution in [3.63, 3.8) is 0 Å². The highest BCUT2D eigenvalue weighted by Gasteiger charge is 2.32. The van der Waals surface area contributed by atoms with Crippen molar-refractivity contribution >= 4 is 30.2 Å². The van der Waals surface area contributed by atoms with Crippen molar-refractivity contribution in [1.29, 1.82) is 0 Å². The van der Waals surface area contributed by atoms with Crippen molar-refractivity contribution in [2.45, 2.75) is 77.5 Å². The molecule has 0 fully saturated rings. The van der Waals surface area contributed by atoms with Crippen LogP contribution < -0.4 is 10.5 Å². The Morgan fingerprint density at radius 3 is 2.51 bits per heavy atom. The number of aromatic carboxylic acids is 1. The smallest absolute Gasteiger partial charge is 0.339 e. The molecule has 43 heavy (non-hydrogen) atoms. The summed E-state index contributed by atoms with van der Waals surface area (Å²) in [4.78, 5) is 48.4. The quantitative estimate of drug-likeness (QED) is 0.356. The van der Waals surface area contributed by atoms with Gasteiger partial charge in [0.2, 0.25) is 5.91 Å². The van der Waals surface area contributed by atoms with Crippen molar-refractivity contribution in [3.8, 4) is 5.75 Å². The number of allylic oxidation sites excluding steroid dienone is 3. The Morgan fingerprint density at radius 1 is 1.19 bits per heavy atom. The van der Waals surface area contributed by atoms with Gasteiger partial charge in [0.25, 0.3) is 5.91 Å². The number of amides is 2. The molecule has 0 radical (unpaired) electrons. The lowest BCUT2D eigenvalue weighted by Crippen LogP contribution is -2.50. The summed E-state index contributed by atoms with van der Waals surface area (Å²) in [5, 5.41) is 9.73. The van der Waals surface area contributed by atoms with E-state index in [4.69, 9.17) is 15.5 Å². The average Bonchev–Trinajstić information content (AvgIpc) is 3.51. The largest absolute Gasteiger partial charge is 0.496 e. The van der Waals surface area contributed by atoms with Crippen LogP contribution in [0.4, 0.5) is 0 Å². The summed E-state index contributed by atoms with van der Waals surface area (Å²) in [7, 11) is 1.42. The number of carboxylic acids is 1. The second-order valence-electron chi connectivity index (χ2n) is 11.2. The second kappa shape index (κ2) is 13.7. The molecule has 4 rings (SSSR count). The first kappa shape index (κ1) is 31.6. The van der Waals surface area contributed by atoms with Crippen LogP contribution >= 0.6 is 0 Å². The Kier molecular flexibility index (Phi) is 10.1. The number of nitrogens with zero attached hydrogens (tertiary/aromatic N) is 3. The zero-order valence-electron chi connectivity index (χ0n) is 25.3. The van der Waals surface area contributed by atoms with Crippen LogP contribution in [0.5, 0.6) is 5.75 Å². The number of nitrogens with two attached hydrogens (primary N) is 1. The molecule has 9 nitrogen and oxygen atoms in total. The molecule has 3 atom stereocenters. The number of methoxy groups -OCH3 is 1. The van der Waals surface area contributed by atoms with Crippen molar-refractivity contribution in [2.24, 2.45) is 15.7 Å². The van der Waals surface area contributed by atoms with Gasteiger partial charge in [0.1, 0.15) is 11.3 Å². The normalized spacial score (nSPS) is 17.5. The van der Waals surface area contributed by atoms with Crippen LogP contribution in [-0.2, 0) is 17.8 Å². The topological polar surface area (TPSA) is 135 Å². The molecular weight excluding hydrogens is 544 g/mol. The predicted octanol–water partition coefficient (Wildman–Crippen LogP) is 5.02. The minimum atomic E-state index is -1.11. The van der Waals surface area contributed by atoms with Crippen LogP contribution in [0, 0.1) is 13.8 Å². The molecule has 226 valence electrons. The van der Waals surface area contributed by atoms with E-state index in [0.717, 1.165) is 48.1 Å². The van der Waals surface area contributed by atoms with Crippen LogP contribution in [0.2, 0.25) is 0 Å². The predicted molar refractivity (Wildman–Crippen MR) is 168 cm³/mol. The highest BCUT2D eigenvalue weighted by molar-refractivity contribution is 5.98. The van der Waals surface area contributed by atoms with Gasteiger partial charge in [0.15, 0.2) is 0 Å². The molecule has 1 heterocycles. The van der Waals surface area contributed by atoms with E-state index in [0.29, 0.717) is 11.1 Å². The number of carboxylic acid groups (broad SMARTS) is 1. The van der Waals surface area contributed by atoms with E-state index < -0.39 is 17.9 Å². The van der Waals surface area contributed by atoms with Crippen molar-refractivity contribution < 1.29 is 24.2 Å². The Bertz CT molecular complexity index is 1500. The molecule has 1 aliphatic carbocycles. The third-order valence-corrected chi connectivity index (χ3v) is 8.38. The van der Waals surface area contributed by atoms with Crippen molar-refractivity contribution in [1.82, 2.24) is 4.90 Å². The molecule has 0 aromatic heterocycles. The van der Waals surface area contributed by atoms with Gasteiger partial charge in [0.05, 0.1) is 25.2 Å². The fraction of sp³-hybridized carbons (Fsp3) is 0.382. The summed E-state index contributed by atoms with van der Waals surface area (Å²) in [6, 6.07) is 7.26. The Hall–Kier alpha value is -4.37. The minimum absolute atomic E-state index is 0.0230. The van der Waals surface area contributed by atoms with Crippen LogP contribution in [0.3, 0.4) is 0 Å². The van der Waals surface area contributed by atoms with Gasteiger partial charge in [-0.1, -0.05) is 24.3 Å². The molecule has 3 N–H and O–H groups in total. The lowest BCUT2D eigenvalue weighted by molar-refractivity contribution is -0.134. The number of benzene rings is 2. The van der Waals surface area contributed by atoms with Crippen LogP contribution in [0.1, 0.15) is 75.6 Å². The Balaban J connectivity index is 1.65. The first-order chi connectivity index (χ1) is 20.5. The number of rotatable bonds is 11. The summed E-state index contributed by atoms with van der Waals surface area (Å²) in [6.45, 7) is 9.20. The van der Waals surface area contributed by atoms with Gasteiger partial charge >= 0.3 is 5.97 Å². The van der Waals surface area contributed by atoms with Crippen LogP contribution in [0.25, 0.3) is 0 Å². The van der Waals surface area contributed by atoms with Gasteiger partial charge in [-0.25, -0.2) is 9.79 Å². The van der Waals surface area contributed by atoms with Gasteiger partial charge < -0.3 is 20.5 Å². The summed E-state index contributed by atoms with van der Waals surface area (Å²) >= 11 is 0. The van der Waals surface area contributed by atoms with Gasteiger partial charge in [-0.05, 0) is 112 Å². The molecule has 2 aromatic carbocycles. The Morgan fingerprint density at radius 2 is 1.91 bits per heavy atom. The van der Waals surface area contributed by atoms with E-state index in [1.54, 1.807) is 29.2 Å². The molecule has 0 bridgehead atoms. The third kappa shape index (κ3) is 7.17. The zero-order chi connectivity index (χ0) is 31.3. The van der Waals surface area contributed by atoms with Gasteiger partial charge in [0, 0.05) is 17.8 Å². The number of hydrogen-bond acceptors (Lipinski definition) is 6. The number of carbonyl (C=O) groups is 3. The first-order valence-electron chi connectivity index (χ1n) is 14.5. The second-order valence-corrected chi connectivity index (χ2v) is 11.2. The summed E-state index contributed by atoms with van der Waals surface area (Å²) in [5.41, 5.74) is 12.5. The highest BCUT2D eigenvalue weighted by Crippen LogP contribution is 2.29. The molecule has 2 amide bonds. The van der Waals surface area contributed by atoms with Gasteiger partial charge in [-0.2, -0.15) is 0 Å². The maximum atomic E-state index is 14.1. The van der Waals surface area contributed by atoms with Crippen molar-refractivity contribution in [2.75, 3.05) is 7.11 Å². The lowest BCUT2D eigenvalue weighted by atomic mass is 9.93. The van der Waals surface area contributed by atoms with Gasteiger partial charge in [-0.15, -0.1) is 0 Å². The maximum Gasteiger partial charge on any atom is 0.339 e. The highest BCUT2D eigenvalue weighted by atomic mass is 16.5. The number of ether oxygens (including phenoxy) is 1. The fourth-order valence-electron chi connectivity index (χ4n) is 5.95. The number of hydrogen-bond donors (Lipinski definition) is 2. The molecule has 0 saturated heterocycles. The first-order valence-corrected chi connectivity index (χ1v) is 14.5. The molecule has 3 unspecified atom stereocenters. The molecular formula is C34H40N4O5. The number of carbonyl (C=O) groups excluding carboxylic acids is 2. The summed E-state index contributed by atoms with van der Waals surface area (Å²) < 4.78 is 5.23. The molecule has 2 aromatic rings. The number of aliphatic imine (C=N–C) groups is 2. The zero-order valence-corrected chi connectivity index (χ0v) is 25.3. The average molecular weight is 585 g/mol. The standard InChI is InChI=1S/C34H40N4O5/c1-20-15-25(32(39)36-4)16-21(2)26(20)18-28(35)33(40)38(19-23-11-14-31(43-5)27(17-23)34(41)42)22(3)29-12-13-30(37-29)24-9-7-6-8-10-24/h6-7,9,11,14-17,22,28,30H,4,8,10,12-13,18-19,35H2,1-3,5H3,(H,41,42). The van der Waals surface area contributed by atoms with E-state index in [9.17, 15) is 19.5 Å². The molecule has 0 spiro atoms. The minimum Gasteiger partial charge on any atom is -0.496 e. The van der Waals surface area contributed by atoms with E-state index in [2.05, 4.69) is 29.9 Å². The van der Waals surface area contributed by atoms with E-state index >= 15 is 0 Å².